The molecular weight excluding hydrogens is 228 g/mol. The molecule has 0 spiro atoms. The lowest BCUT2D eigenvalue weighted by Gasteiger charge is -1.97. The molecule has 2 rings (SSSR count). The second kappa shape index (κ2) is 5.49. The first kappa shape index (κ1) is 12.4. The fourth-order valence-corrected chi connectivity index (χ4v) is 1.71. The Labute approximate surface area is 106 Å². The molecule has 1 aromatic carbocycles. The van der Waals surface area contributed by atoms with Crippen molar-refractivity contribution < 1.29 is 9.21 Å². The van der Waals surface area contributed by atoms with Gasteiger partial charge in [0.05, 0.1) is 0 Å². The van der Waals surface area contributed by atoms with Crippen LogP contribution in [0.15, 0.2) is 28.7 Å². The van der Waals surface area contributed by atoms with E-state index in [2.05, 4.69) is 10.3 Å². The third-order valence-corrected chi connectivity index (χ3v) is 2.51. The van der Waals surface area contributed by atoms with E-state index < -0.39 is 0 Å². The predicted octanol–water partition coefficient (Wildman–Crippen LogP) is 2.68. The number of nitrogens with one attached hydrogen (secondary N) is 1. The summed E-state index contributed by atoms with van der Waals surface area (Å²) in [7, 11) is 0. The molecule has 1 aromatic heterocycles. The van der Waals surface area contributed by atoms with Gasteiger partial charge in [0.25, 0.3) is 0 Å². The van der Waals surface area contributed by atoms with Crippen LogP contribution in [0.5, 0.6) is 0 Å². The van der Waals surface area contributed by atoms with Crippen LogP contribution in [-0.4, -0.2) is 17.4 Å². The Morgan fingerprint density at radius 3 is 3.11 bits per heavy atom. The van der Waals surface area contributed by atoms with E-state index in [4.69, 9.17) is 4.42 Å². The van der Waals surface area contributed by atoms with Gasteiger partial charge in [-0.3, -0.25) is 4.79 Å². The highest BCUT2D eigenvalue weighted by Crippen LogP contribution is 2.17. The van der Waals surface area contributed by atoms with Crippen LogP contribution in [0.25, 0.3) is 17.2 Å². The number of nitrogens with zero attached hydrogens (tertiary/aromatic N) is 1. The zero-order chi connectivity index (χ0) is 13.0. The molecule has 1 amide bonds. The minimum absolute atomic E-state index is 0.00268. The van der Waals surface area contributed by atoms with Crippen molar-refractivity contribution in [3.63, 3.8) is 0 Å². The largest absolute Gasteiger partial charge is 0.441 e. The SMILES string of the molecule is CC(=O)NCCC=Cc1ccc2oc(C)nc2c1. The van der Waals surface area contributed by atoms with Gasteiger partial charge in [0.2, 0.25) is 5.91 Å². The summed E-state index contributed by atoms with van der Waals surface area (Å²) in [6, 6.07) is 5.89. The highest BCUT2D eigenvalue weighted by molar-refractivity contribution is 5.76. The van der Waals surface area contributed by atoms with E-state index in [0.717, 1.165) is 23.1 Å². The number of aromatic nitrogens is 1. The molecule has 0 saturated heterocycles. The van der Waals surface area contributed by atoms with Crippen molar-refractivity contribution in [2.45, 2.75) is 20.3 Å². The smallest absolute Gasteiger partial charge is 0.216 e. The molecular formula is C14H16N2O2. The summed E-state index contributed by atoms with van der Waals surface area (Å²) in [4.78, 5) is 15.0. The summed E-state index contributed by atoms with van der Waals surface area (Å²) in [5, 5.41) is 2.75. The van der Waals surface area contributed by atoms with Crippen LogP contribution in [0.2, 0.25) is 0 Å². The molecule has 0 atom stereocenters. The van der Waals surface area contributed by atoms with Crippen LogP contribution < -0.4 is 5.32 Å². The van der Waals surface area contributed by atoms with Crippen LogP contribution >= 0.6 is 0 Å². The molecule has 0 saturated carbocycles. The Kier molecular flexibility index (Phi) is 3.77. The van der Waals surface area contributed by atoms with Crippen LogP contribution in [0, 0.1) is 6.92 Å². The molecule has 0 aliphatic carbocycles. The third-order valence-electron chi connectivity index (χ3n) is 2.51. The Morgan fingerprint density at radius 2 is 2.33 bits per heavy atom. The molecule has 18 heavy (non-hydrogen) atoms. The van der Waals surface area contributed by atoms with Crippen molar-refractivity contribution in [1.82, 2.24) is 10.3 Å². The van der Waals surface area contributed by atoms with Crippen molar-refractivity contribution >= 4 is 23.1 Å². The molecule has 0 radical (unpaired) electrons. The number of hydrogen-bond donors (Lipinski definition) is 1. The quantitative estimate of drug-likeness (QED) is 0.841. The lowest BCUT2D eigenvalue weighted by atomic mass is 10.2. The van der Waals surface area contributed by atoms with E-state index in [1.54, 1.807) is 0 Å². The zero-order valence-electron chi connectivity index (χ0n) is 10.6. The van der Waals surface area contributed by atoms with Crippen molar-refractivity contribution in [1.29, 1.82) is 0 Å². The number of rotatable bonds is 4. The standard InChI is InChI=1S/C14H16N2O2/c1-10(17)15-8-4-3-5-12-6-7-14-13(9-12)16-11(2)18-14/h3,5-7,9H,4,8H2,1-2H3,(H,15,17). The van der Waals surface area contributed by atoms with Gasteiger partial charge in [0.1, 0.15) is 5.52 Å². The van der Waals surface area contributed by atoms with Gasteiger partial charge in [-0.05, 0) is 24.1 Å². The number of aryl methyl sites for hydroxylation is 1. The third kappa shape index (κ3) is 3.20. The summed E-state index contributed by atoms with van der Waals surface area (Å²) in [6.07, 6.45) is 4.87. The summed E-state index contributed by atoms with van der Waals surface area (Å²) in [6.45, 7) is 4.02. The van der Waals surface area contributed by atoms with E-state index in [1.165, 1.54) is 6.92 Å². The van der Waals surface area contributed by atoms with Gasteiger partial charge in [-0.1, -0.05) is 18.2 Å². The van der Waals surface area contributed by atoms with Gasteiger partial charge in [-0.15, -0.1) is 0 Å². The van der Waals surface area contributed by atoms with E-state index >= 15 is 0 Å². The number of oxazole rings is 1. The lowest BCUT2D eigenvalue weighted by Crippen LogP contribution is -2.20. The molecule has 0 aliphatic heterocycles. The maximum Gasteiger partial charge on any atom is 0.216 e. The van der Waals surface area contributed by atoms with Crippen molar-refractivity contribution in [2.24, 2.45) is 0 Å². The van der Waals surface area contributed by atoms with Gasteiger partial charge >= 0.3 is 0 Å². The molecule has 94 valence electrons. The first-order valence-corrected chi connectivity index (χ1v) is 5.93. The minimum Gasteiger partial charge on any atom is -0.441 e. The number of amides is 1. The number of carbonyl (C=O) groups excluding carboxylic acids is 1. The van der Waals surface area contributed by atoms with Crippen LogP contribution in [0.4, 0.5) is 0 Å². The average molecular weight is 244 g/mol. The Bertz CT molecular complexity index is 584. The normalized spacial score (nSPS) is 11.2. The second-order valence-corrected chi connectivity index (χ2v) is 4.13. The van der Waals surface area contributed by atoms with E-state index in [9.17, 15) is 4.79 Å². The Balaban J connectivity index is 1.98. The predicted molar refractivity (Wildman–Crippen MR) is 71.1 cm³/mol. The van der Waals surface area contributed by atoms with Gasteiger partial charge in [0.15, 0.2) is 11.5 Å². The van der Waals surface area contributed by atoms with E-state index in [1.807, 2.05) is 37.3 Å². The lowest BCUT2D eigenvalue weighted by molar-refractivity contribution is -0.118. The minimum atomic E-state index is 0.00268. The average Bonchev–Trinajstić information content (AvgIpc) is 2.67. The molecule has 0 bridgehead atoms. The summed E-state index contributed by atoms with van der Waals surface area (Å²) in [5.74, 6) is 0.680. The van der Waals surface area contributed by atoms with Crippen molar-refractivity contribution in [3.05, 3.63) is 35.7 Å². The highest BCUT2D eigenvalue weighted by Gasteiger charge is 2.01. The molecule has 0 aliphatic rings. The monoisotopic (exact) mass is 244 g/mol. The summed E-state index contributed by atoms with van der Waals surface area (Å²) >= 11 is 0. The van der Waals surface area contributed by atoms with Gasteiger partial charge in [-0.2, -0.15) is 0 Å². The van der Waals surface area contributed by atoms with E-state index in [-0.39, 0.29) is 5.91 Å². The second-order valence-electron chi connectivity index (χ2n) is 4.13. The molecule has 0 unspecified atom stereocenters. The Morgan fingerprint density at radius 1 is 1.50 bits per heavy atom. The summed E-state index contributed by atoms with van der Waals surface area (Å²) < 4.78 is 5.41. The van der Waals surface area contributed by atoms with Crippen LogP contribution in [0.3, 0.4) is 0 Å². The number of fused-ring (bicyclic) bond motifs is 1. The van der Waals surface area contributed by atoms with Crippen LogP contribution in [-0.2, 0) is 4.79 Å². The van der Waals surface area contributed by atoms with Gasteiger partial charge in [0, 0.05) is 20.4 Å². The van der Waals surface area contributed by atoms with E-state index in [0.29, 0.717) is 12.4 Å². The van der Waals surface area contributed by atoms with Crippen molar-refractivity contribution in [2.75, 3.05) is 6.54 Å². The zero-order valence-corrected chi connectivity index (χ0v) is 10.6. The highest BCUT2D eigenvalue weighted by atomic mass is 16.3. The molecule has 4 heteroatoms. The van der Waals surface area contributed by atoms with Crippen LogP contribution in [0.1, 0.15) is 24.8 Å². The fourth-order valence-electron chi connectivity index (χ4n) is 1.71. The van der Waals surface area contributed by atoms with Gasteiger partial charge < -0.3 is 9.73 Å². The molecule has 1 heterocycles. The van der Waals surface area contributed by atoms with Gasteiger partial charge in [-0.25, -0.2) is 4.98 Å². The van der Waals surface area contributed by atoms with Crippen molar-refractivity contribution in [3.8, 4) is 0 Å². The topological polar surface area (TPSA) is 55.1 Å². The molecule has 4 nitrogen and oxygen atoms in total. The fraction of sp³-hybridized carbons (Fsp3) is 0.286. The first-order valence-electron chi connectivity index (χ1n) is 5.93. The maximum atomic E-state index is 10.7. The Hall–Kier alpha value is -2.10. The molecule has 2 aromatic rings. The molecule has 1 N–H and O–H groups in total. The molecule has 0 fully saturated rings. The number of benzene rings is 1. The first-order chi connectivity index (χ1) is 8.65. The summed E-state index contributed by atoms with van der Waals surface area (Å²) in [5.41, 5.74) is 2.76. The maximum absolute atomic E-state index is 10.7. The number of carbonyl (C=O) groups is 1. The number of hydrogen-bond acceptors (Lipinski definition) is 3.